The van der Waals surface area contributed by atoms with E-state index >= 15 is 0 Å². The number of nitrogens with one attached hydrogen (secondary N) is 1. The lowest BCUT2D eigenvalue weighted by Crippen LogP contribution is -2.45. The number of aromatic nitrogens is 1. The highest BCUT2D eigenvalue weighted by Gasteiger charge is 2.32. The number of amides is 1. The number of carbonyl (C=O) groups is 1. The topological polar surface area (TPSA) is 71.2 Å². The Morgan fingerprint density at radius 2 is 2.16 bits per heavy atom. The van der Waals surface area contributed by atoms with Gasteiger partial charge in [0, 0.05) is 30.6 Å². The van der Waals surface area contributed by atoms with E-state index < -0.39 is 0 Å². The van der Waals surface area contributed by atoms with E-state index in [2.05, 4.69) is 15.2 Å². The van der Waals surface area contributed by atoms with E-state index in [4.69, 9.17) is 5.73 Å². The van der Waals surface area contributed by atoms with E-state index in [9.17, 15) is 4.79 Å². The molecule has 1 aromatic rings. The van der Waals surface area contributed by atoms with Gasteiger partial charge in [0.25, 0.3) is 0 Å². The van der Waals surface area contributed by atoms with Crippen molar-refractivity contribution in [2.75, 3.05) is 18.8 Å². The average molecular weight is 280 g/mol. The number of piperidine rings is 1. The molecule has 1 amide bonds. The van der Waals surface area contributed by atoms with Crippen LogP contribution in [-0.2, 0) is 11.2 Å². The van der Waals surface area contributed by atoms with Crippen LogP contribution in [-0.4, -0.2) is 41.0 Å². The second-order valence-corrected chi connectivity index (χ2v) is 6.35. The number of hydrogen-bond donors (Lipinski definition) is 2. The molecule has 1 saturated heterocycles. The molecule has 19 heavy (non-hydrogen) atoms. The summed E-state index contributed by atoms with van der Waals surface area (Å²) in [5.74, 6) is 0.0650. The maximum Gasteiger partial charge on any atom is 0.226 e. The summed E-state index contributed by atoms with van der Waals surface area (Å²) < 4.78 is 0. The molecule has 0 atom stereocenters. The minimum Gasteiger partial charge on any atom is -0.375 e. The van der Waals surface area contributed by atoms with E-state index in [0.29, 0.717) is 17.6 Å². The quantitative estimate of drug-likeness (QED) is 0.863. The van der Waals surface area contributed by atoms with Crippen LogP contribution in [0.3, 0.4) is 0 Å². The van der Waals surface area contributed by atoms with Crippen LogP contribution in [0.2, 0.25) is 0 Å². The molecule has 1 aromatic heterocycles. The number of hydrogen-bond acceptors (Lipinski definition) is 5. The van der Waals surface area contributed by atoms with Gasteiger partial charge in [0.2, 0.25) is 5.91 Å². The third-order valence-corrected chi connectivity index (χ3v) is 4.59. The highest BCUT2D eigenvalue weighted by molar-refractivity contribution is 7.13. The van der Waals surface area contributed by atoms with Gasteiger partial charge in [0.1, 0.15) is 0 Å². The first-order valence-corrected chi connectivity index (χ1v) is 7.82. The molecule has 3 N–H and O–H groups in total. The molecule has 0 radical (unpaired) electrons. The van der Waals surface area contributed by atoms with Crippen molar-refractivity contribution in [3.05, 3.63) is 11.1 Å². The van der Waals surface area contributed by atoms with Gasteiger partial charge in [-0.15, -0.1) is 11.3 Å². The molecule has 104 valence electrons. The lowest BCUT2D eigenvalue weighted by molar-refractivity contribution is -0.121. The summed E-state index contributed by atoms with van der Waals surface area (Å²) in [5, 5.41) is 5.49. The van der Waals surface area contributed by atoms with Crippen LogP contribution in [0.15, 0.2) is 5.38 Å². The van der Waals surface area contributed by atoms with E-state index in [1.54, 1.807) is 0 Å². The Morgan fingerprint density at radius 3 is 2.74 bits per heavy atom. The molecule has 2 heterocycles. The lowest BCUT2D eigenvalue weighted by Gasteiger charge is -2.32. The summed E-state index contributed by atoms with van der Waals surface area (Å²) >= 11 is 1.38. The van der Waals surface area contributed by atoms with Crippen molar-refractivity contribution in [3.8, 4) is 0 Å². The standard InChI is InChI=1S/C13H20N4OS/c14-13-16-10(8-19-13)7-12(18)15-9-3-5-17(6-4-9)11-1-2-11/h8-9,11H,1-7H2,(H2,14,16)(H,15,18). The number of thiazole rings is 1. The average Bonchev–Trinajstić information content (AvgIpc) is 3.15. The molecule has 0 spiro atoms. The highest BCUT2D eigenvalue weighted by atomic mass is 32.1. The van der Waals surface area contributed by atoms with Crippen molar-refractivity contribution in [1.82, 2.24) is 15.2 Å². The number of nitrogen functional groups attached to an aromatic ring is 1. The Morgan fingerprint density at radius 1 is 1.42 bits per heavy atom. The van der Waals surface area contributed by atoms with Crippen LogP contribution in [0.5, 0.6) is 0 Å². The van der Waals surface area contributed by atoms with Crippen LogP contribution >= 0.6 is 11.3 Å². The Labute approximate surface area is 117 Å². The lowest BCUT2D eigenvalue weighted by atomic mass is 10.0. The van der Waals surface area contributed by atoms with Gasteiger partial charge in [-0.05, 0) is 25.7 Å². The molecule has 0 aromatic carbocycles. The fourth-order valence-electron chi connectivity index (χ4n) is 2.70. The van der Waals surface area contributed by atoms with E-state index in [0.717, 1.165) is 37.7 Å². The van der Waals surface area contributed by atoms with Crippen LogP contribution in [0.25, 0.3) is 0 Å². The molecular weight excluding hydrogens is 260 g/mol. The van der Waals surface area contributed by atoms with E-state index in [1.165, 1.54) is 24.2 Å². The number of likely N-dealkylation sites (tertiary alicyclic amines) is 1. The Bertz CT molecular complexity index is 449. The summed E-state index contributed by atoms with van der Waals surface area (Å²) in [6, 6.07) is 1.17. The molecule has 3 rings (SSSR count). The van der Waals surface area contributed by atoms with Crippen molar-refractivity contribution in [1.29, 1.82) is 0 Å². The van der Waals surface area contributed by atoms with E-state index in [1.807, 2.05) is 5.38 Å². The molecule has 2 fully saturated rings. The normalized spacial score (nSPS) is 21.5. The van der Waals surface area contributed by atoms with Gasteiger partial charge in [-0.1, -0.05) is 0 Å². The third kappa shape index (κ3) is 3.45. The second-order valence-electron chi connectivity index (χ2n) is 5.46. The number of nitrogens with two attached hydrogens (primary N) is 1. The summed E-state index contributed by atoms with van der Waals surface area (Å²) in [6.45, 7) is 2.25. The van der Waals surface area contributed by atoms with Gasteiger partial charge < -0.3 is 16.0 Å². The van der Waals surface area contributed by atoms with Gasteiger partial charge in [0.15, 0.2) is 5.13 Å². The zero-order valence-electron chi connectivity index (χ0n) is 11.0. The Kier molecular flexibility index (Phi) is 3.70. The van der Waals surface area contributed by atoms with Gasteiger partial charge in [0.05, 0.1) is 12.1 Å². The van der Waals surface area contributed by atoms with Crippen LogP contribution < -0.4 is 11.1 Å². The van der Waals surface area contributed by atoms with Crippen LogP contribution in [0.1, 0.15) is 31.4 Å². The number of carbonyl (C=O) groups excluding carboxylic acids is 1. The third-order valence-electron chi connectivity index (χ3n) is 3.87. The fraction of sp³-hybridized carbons (Fsp3) is 0.692. The molecule has 1 saturated carbocycles. The van der Waals surface area contributed by atoms with Crippen molar-refractivity contribution in [3.63, 3.8) is 0 Å². The number of nitrogens with zero attached hydrogens (tertiary/aromatic N) is 2. The van der Waals surface area contributed by atoms with Gasteiger partial charge >= 0.3 is 0 Å². The molecule has 6 heteroatoms. The molecule has 1 aliphatic carbocycles. The Hall–Kier alpha value is -1.14. The van der Waals surface area contributed by atoms with Crippen molar-refractivity contribution in [2.45, 2.75) is 44.2 Å². The molecule has 0 bridgehead atoms. The predicted molar refractivity (Wildman–Crippen MR) is 76.0 cm³/mol. The van der Waals surface area contributed by atoms with Crippen molar-refractivity contribution < 1.29 is 4.79 Å². The van der Waals surface area contributed by atoms with Gasteiger partial charge in [-0.3, -0.25) is 4.79 Å². The van der Waals surface area contributed by atoms with Gasteiger partial charge in [-0.25, -0.2) is 4.98 Å². The fourth-order valence-corrected chi connectivity index (χ4v) is 3.26. The van der Waals surface area contributed by atoms with Crippen molar-refractivity contribution >= 4 is 22.4 Å². The molecule has 0 unspecified atom stereocenters. The van der Waals surface area contributed by atoms with Crippen LogP contribution in [0, 0.1) is 0 Å². The highest BCUT2D eigenvalue weighted by Crippen LogP contribution is 2.29. The Balaban J connectivity index is 1.42. The predicted octanol–water partition coefficient (Wildman–Crippen LogP) is 1.01. The number of rotatable bonds is 4. The number of anilines is 1. The summed E-state index contributed by atoms with van der Waals surface area (Å²) in [6.07, 6.45) is 5.21. The van der Waals surface area contributed by atoms with Crippen molar-refractivity contribution in [2.24, 2.45) is 0 Å². The molecule has 1 aliphatic heterocycles. The first-order chi connectivity index (χ1) is 9.20. The SMILES string of the molecule is Nc1nc(CC(=O)NC2CCN(C3CC3)CC2)cs1. The van der Waals surface area contributed by atoms with E-state index in [-0.39, 0.29) is 5.91 Å². The molecular formula is C13H20N4OS. The minimum atomic E-state index is 0.0650. The second kappa shape index (κ2) is 5.46. The first kappa shape index (κ1) is 12.9. The zero-order valence-corrected chi connectivity index (χ0v) is 11.8. The minimum absolute atomic E-state index is 0.0650. The molecule has 2 aliphatic rings. The summed E-state index contributed by atoms with van der Waals surface area (Å²) in [4.78, 5) is 18.6. The smallest absolute Gasteiger partial charge is 0.226 e. The monoisotopic (exact) mass is 280 g/mol. The summed E-state index contributed by atoms with van der Waals surface area (Å²) in [5.41, 5.74) is 6.33. The summed E-state index contributed by atoms with van der Waals surface area (Å²) in [7, 11) is 0. The first-order valence-electron chi connectivity index (χ1n) is 6.94. The largest absolute Gasteiger partial charge is 0.375 e. The maximum atomic E-state index is 11.9. The maximum absolute atomic E-state index is 11.9. The van der Waals surface area contributed by atoms with Gasteiger partial charge in [-0.2, -0.15) is 0 Å². The molecule has 5 nitrogen and oxygen atoms in total. The van der Waals surface area contributed by atoms with Crippen LogP contribution in [0.4, 0.5) is 5.13 Å². The zero-order chi connectivity index (χ0) is 13.2.